The molecule has 0 saturated carbocycles. The molecule has 0 amide bonds. The van der Waals surface area contributed by atoms with Crippen LogP contribution in [0.1, 0.15) is 12.8 Å². The molecule has 8 aromatic rings. The molecular formula is C40H27NO2. The van der Waals surface area contributed by atoms with Crippen molar-refractivity contribution in [1.29, 1.82) is 0 Å². The zero-order valence-corrected chi connectivity index (χ0v) is 23.5. The number of benzene rings is 6. The summed E-state index contributed by atoms with van der Waals surface area (Å²) in [5, 5.41) is 7.02. The molecule has 1 aliphatic carbocycles. The van der Waals surface area contributed by atoms with Gasteiger partial charge >= 0.3 is 0 Å². The van der Waals surface area contributed by atoms with Gasteiger partial charge in [-0.05, 0) is 89.3 Å². The van der Waals surface area contributed by atoms with Crippen molar-refractivity contribution in [3.63, 3.8) is 0 Å². The first kappa shape index (κ1) is 24.1. The molecular weight excluding hydrogens is 526 g/mol. The van der Waals surface area contributed by atoms with Crippen LogP contribution in [0, 0.1) is 0 Å². The number of allylic oxidation sites excluding steroid dienone is 3. The van der Waals surface area contributed by atoms with Gasteiger partial charge in [0.05, 0.1) is 11.1 Å². The first-order valence-electron chi connectivity index (χ1n) is 14.8. The van der Waals surface area contributed by atoms with Gasteiger partial charge in [-0.25, -0.2) is 0 Å². The third-order valence-corrected chi connectivity index (χ3v) is 8.67. The lowest BCUT2D eigenvalue weighted by Gasteiger charge is -2.28. The second-order valence-electron chi connectivity index (χ2n) is 11.2. The molecule has 3 nitrogen and oxygen atoms in total. The molecule has 0 N–H and O–H groups in total. The van der Waals surface area contributed by atoms with Crippen molar-refractivity contribution >= 4 is 66.0 Å². The molecule has 1 aliphatic rings. The highest BCUT2D eigenvalue weighted by molar-refractivity contribution is 6.19. The summed E-state index contributed by atoms with van der Waals surface area (Å²) in [6.07, 6.45) is 8.93. The number of furan rings is 2. The lowest BCUT2D eigenvalue weighted by atomic mass is 9.98. The maximum absolute atomic E-state index is 6.25. The summed E-state index contributed by atoms with van der Waals surface area (Å²) in [4.78, 5) is 2.37. The lowest BCUT2D eigenvalue weighted by Crippen LogP contribution is -2.16. The zero-order valence-electron chi connectivity index (χ0n) is 23.5. The van der Waals surface area contributed by atoms with Gasteiger partial charge in [0.2, 0.25) is 0 Å². The molecule has 6 aromatic carbocycles. The molecule has 9 rings (SSSR count). The van der Waals surface area contributed by atoms with Crippen LogP contribution in [0.5, 0.6) is 0 Å². The number of rotatable bonds is 4. The van der Waals surface area contributed by atoms with Crippen LogP contribution in [-0.4, -0.2) is 0 Å². The van der Waals surface area contributed by atoms with Gasteiger partial charge in [0.25, 0.3) is 0 Å². The quantitative estimate of drug-likeness (QED) is 0.217. The third-order valence-electron chi connectivity index (χ3n) is 8.67. The van der Waals surface area contributed by atoms with Crippen molar-refractivity contribution < 1.29 is 8.83 Å². The van der Waals surface area contributed by atoms with E-state index in [0.717, 1.165) is 62.7 Å². The normalized spacial score (nSPS) is 13.4. The summed E-state index contributed by atoms with van der Waals surface area (Å²) in [7, 11) is 0. The fraction of sp³-hybridized carbons (Fsp3) is 0.0500. The van der Waals surface area contributed by atoms with E-state index in [1.807, 2.05) is 24.3 Å². The molecule has 3 heteroatoms. The lowest BCUT2D eigenvalue weighted by molar-refractivity contribution is 0.668. The van der Waals surface area contributed by atoms with Crippen LogP contribution in [0.15, 0.2) is 154 Å². The Hall–Kier alpha value is -5.54. The van der Waals surface area contributed by atoms with Gasteiger partial charge in [0.1, 0.15) is 22.3 Å². The van der Waals surface area contributed by atoms with Crippen LogP contribution in [0.2, 0.25) is 0 Å². The van der Waals surface area contributed by atoms with E-state index in [2.05, 4.69) is 120 Å². The molecule has 0 radical (unpaired) electrons. The zero-order chi connectivity index (χ0) is 28.3. The van der Waals surface area contributed by atoms with Gasteiger partial charge in [-0.1, -0.05) is 84.9 Å². The van der Waals surface area contributed by atoms with E-state index in [-0.39, 0.29) is 0 Å². The van der Waals surface area contributed by atoms with Gasteiger partial charge in [-0.2, -0.15) is 0 Å². The van der Waals surface area contributed by atoms with Crippen molar-refractivity contribution in [3.05, 3.63) is 145 Å². The highest BCUT2D eigenvalue weighted by Crippen LogP contribution is 2.42. The molecule has 0 atom stereocenters. The summed E-state index contributed by atoms with van der Waals surface area (Å²) in [5.74, 6) is 0. The smallest absolute Gasteiger partial charge is 0.137 e. The molecule has 43 heavy (non-hydrogen) atoms. The SMILES string of the molecule is C1=CC(N(c2ccc(-c3ccc4c(ccc5oc6ccccc6c54)c3)cc2)c2cccc3oc4ccccc4c23)=CCC1. The monoisotopic (exact) mass is 553 g/mol. The minimum absolute atomic E-state index is 0.899. The molecule has 0 bridgehead atoms. The molecule has 2 aromatic heterocycles. The maximum atomic E-state index is 6.25. The first-order valence-corrected chi connectivity index (χ1v) is 14.8. The van der Waals surface area contributed by atoms with Crippen LogP contribution < -0.4 is 4.90 Å². The van der Waals surface area contributed by atoms with E-state index in [1.54, 1.807) is 0 Å². The van der Waals surface area contributed by atoms with Crippen LogP contribution in [0.25, 0.3) is 65.8 Å². The van der Waals surface area contributed by atoms with Crippen molar-refractivity contribution in [1.82, 2.24) is 0 Å². The van der Waals surface area contributed by atoms with Crippen molar-refractivity contribution in [2.24, 2.45) is 0 Å². The Morgan fingerprint density at radius 3 is 1.98 bits per heavy atom. The fourth-order valence-electron chi connectivity index (χ4n) is 6.67. The average Bonchev–Trinajstić information content (AvgIpc) is 3.65. The molecule has 0 spiro atoms. The Kier molecular flexibility index (Phi) is 5.32. The van der Waals surface area contributed by atoms with Crippen LogP contribution in [0.4, 0.5) is 11.4 Å². The summed E-state index contributed by atoms with van der Waals surface area (Å²) in [6.45, 7) is 0. The molecule has 0 fully saturated rings. The van der Waals surface area contributed by atoms with Crippen LogP contribution in [0.3, 0.4) is 0 Å². The second-order valence-corrected chi connectivity index (χ2v) is 11.2. The predicted molar refractivity (Wildman–Crippen MR) is 179 cm³/mol. The number of hydrogen-bond donors (Lipinski definition) is 0. The average molecular weight is 554 g/mol. The Morgan fingerprint density at radius 2 is 1.21 bits per heavy atom. The fourth-order valence-corrected chi connectivity index (χ4v) is 6.67. The summed E-state index contributed by atoms with van der Waals surface area (Å²) in [5.41, 5.74) is 9.45. The molecule has 0 unspecified atom stereocenters. The number of para-hydroxylation sites is 2. The Morgan fingerprint density at radius 1 is 0.512 bits per heavy atom. The van der Waals surface area contributed by atoms with Gasteiger partial charge in [0, 0.05) is 27.5 Å². The minimum atomic E-state index is 0.899. The van der Waals surface area contributed by atoms with Gasteiger partial charge in [0.15, 0.2) is 0 Å². The van der Waals surface area contributed by atoms with E-state index in [0.29, 0.717) is 0 Å². The summed E-state index contributed by atoms with van der Waals surface area (Å²) < 4.78 is 12.4. The van der Waals surface area contributed by atoms with E-state index in [9.17, 15) is 0 Å². The molecule has 0 aliphatic heterocycles. The van der Waals surface area contributed by atoms with Crippen molar-refractivity contribution in [2.45, 2.75) is 12.8 Å². The van der Waals surface area contributed by atoms with Crippen LogP contribution >= 0.6 is 0 Å². The number of nitrogens with zero attached hydrogens (tertiary/aromatic N) is 1. The molecule has 2 heterocycles. The standard InChI is InChI=1S/C40H27NO2/c1-2-9-29(10-3-1)41(34-13-8-16-37-40(34)33-12-5-7-15-36(33)42-37)30-21-17-26(18-22-30)27-19-23-31-28(25-27)20-24-38-39(31)32-11-4-6-14-35(32)43-38/h2,4-25H,1,3H2. The van der Waals surface area contributed by atoms with E-state index in [1.165, 1.54) is 33.0 Å². The number of hydrogen-bond acceptors (Lipinski definition) is 3. The second kappa shape index (κ2) is 9.50. The topological polar surface area (TPSA) is 29.5 Å². The van der Waals surface area contributed by atoms with Crippen LogP contribution in [-0.2, 0) is 0 Å². The number of fused-ring (bicyclic) bond motifs is 8. The van der Waals surface area contributed by atoms with Crippen molar-refractivity contribution in [2.75, 3.05) is 4.90 Å². The maximum Gasteiger partial charge on any atom is 0.137 e. The molecule has 0 saturated heterocycles. The van der Waals surface area contributed by atoms with Gasteiger partial charge in [-0.15, -0.1) is 0 Å². The summed E-state index contributed by atoms with van der Waals surface area (Å²) in [6, 6.07) is 42.9. The largest absolute Gasteiger partial charge is 0.456 e. The first-order chi connectivity index (χ1) is 21.3. The Bertz CT molecular complexity index is 2400. The van der Waals surface area contributed by atoms with Gasteiger partial charge in [-0.3, -0.25) is 0 Å². The Balaban J connectivity index is 1.16. The minimum Gasteiger partial charge on any atom is -0.456 e. The van der Waals surface area contributed by atoms with E-state index < -0.39 is 0 Å². The highest BCUT2D eigenvalue weighted by atomic mass is 16.3. The summed E-state index contributed by atoms with van der Waals surface area (Å²) >= 11 is 0. The Labute approximate surface area is 248 Å². The van der Waals surface area contributed by atoms with Gasteiger partial charge < -0.3 is 13.7 Å². The van der Waals surface area contributed by atoms with Crippen molar-refractivity contribution in [3.8, 4) is 11.1 Å². The van der Waals surface area contributed by atoms with E-state index in [4.69, 9.17) is 8.83 Å². The third kappa shape index (κ3) is 3.82. The predicted octanol–water partition coefficient (Wildman–Crippen LogP) is 11.7. The highest BCUT2D eigenvalue weighted by Gasteiger charge is 2.20. The molecule has 204 valence electrons. The van der Waals surface area contributed by atoms with E-state index >= 15 is 0 Å². The number of anilines is 2.